The number of likely N-dealkylation sites (N-methyl/N-ethyl adjacent to an activating group) is 1. The zero-order valence-corrected chi connectivity index (χ0v) is 12.5. The predicted octanol–water partition coefficient (Wildman–Crippen LogP) is 2.23. The van der Waals surface area contributed by atoms with E-state index in [1.54, 1.807) is 0 Å². The molecule has 1 saturated heterocycles. The largest absolute Gasteiger partial charge is 0.399 e. The van der Waals surface area contributed by atoms with Crippen molar-refractivity contribution >= 4 is 5.69 Å². The smallest absolute Gasteiger partial charge is 0.0316 e. The normalized spacial score (nSPS) is 19.8. The first-order valence-electron chi connectivity index (χ1n) is 7.31. The van der Waals surface area contributed by atoms with Crippen molar-refractivity contribution in [3.63, 3.8) is 0 Å². The highest BCUT2D eigenvalue weighted by Crippen LogP contribution is 2.19. The van der Waals surface area contributed by atoms with Crippen LogP contribution in [0.2, 0.25) is 0 Å². The fraction of sp³-hybridized carbons (Fsp3) is 0.625. The Morgan fingerprint density at radius 1 is 1.37 bits per heavy atom. The molecule has 0 amide bonds. The zero-order chi connectivity index (χ0) is 13.8. The summed E-state index contributed by atoms with van der Waals surface area (Å²) in [6, 6.07) is 9.57. The maximum absolute atomic E-state index is 5.85. The van der Waals surface area contributed by atoms with Gasteiger partial charge in [0.15, 0.2) is 0 Å². The minimum Gasteiger partial charge on any atom is -0.399 e. The molecule has 1 aliphatic heterocycles. The average Bonchev–Trinajstić information content (AvgIpc) is 2.39. The molecule has 19 heavy (non-hydrogen) atoms. The van der Waals surface area contributed by atoms with Gasteiger partial charge in [0.1, 0.15) is 0 Å². The van der Waals surface area contributed by atoms with Crippen LogP contribution in [0, 0.1) is 0 Å². The van der Waals surface area contributed by atoms with E-state index in [0.717, 1.165) is 18.2 Å². The van der Waals surface area contributed by atoms with Crippen LogP contribution in [0.5, 0.6) is 0 Å². The maximum Gasteiger partial charge on any atom is 0.0316 e. The molecule has 1 aromatic rings. The summed E-state index contributed by atoms with van der Waals surface area (Å²) in [4.78, 5) is 4.98. The molecule has 2 N–H and O–H groups in total. The van der Waals surface area contributed by atoms with Crippen molar-refractivity contribution < 1.29 is 0 Å². The second-order valence-corrected chi connectivity index (χ2v) is 6.00. The monoisotopic (exact) mass is 261 g/mol. The Kier molecular flexibility index (Phi) is 4.83. The summed E-state index contributed by atoms with van der Waals surface area (Å²) in [5, 5.41) is 0. The van der Waals surface area contributed by atoms with E-state index in [2.05, 4.69) is 43.0 Å². The van der Waals surface area contributed by atoms with Gasteiger partial charge in [0.25, 0.3) is 0 Å². The molecule has 2 rings (SSSR count). The van der Waals surface area contributed by atoms with Gasteiger partial charge in [0.2, 0.25) is 0 Å². The molecule has 3 nitrogen and oxygen atoms in total. The summed E-state index contributed by atoms with van der Waals surface area (Å²) < 4.78 is 0. The third-order valence-electron chi connectivity index (χ3n) is 4.44. The van der Waals surface area contributed by atoms with Gasteiger partial charge in [-0.1, -0.05) is 12.1 Å². The quantitative estimate of drug-likeness (QED) is 0.844. The molecule has 3 heteroatoms. The predicted molar refractivity (Wildman–Crippen MR) is 82.3 cm³/mol. The first kappa shape index (κ1) is 14.4. The number of piperidine rings is 1. The second-order valence-electron chi connectivity index (χ2n) is 6.00. The maximum atomic E-state index is 5.85. The summed E-state index contributed by atoms with van der Waals surface area (Å²) in [6.07, 6.45) is 3.65. The van der Waals surface area contributed by atoms with E-state index < -0.39 is 0 Å². The van der Waals surface area contributed by atoms with Gasteiger partial charge >= 0.3 is 0 Å². The van der Waals surface area contributed by atoms with Gasteiger partial charge in [-0.3, -0.25) is 0 Å². The molecule has 1 aromatic carbocycles. The molecular weight excluding hydrogens is 234 g/mol. The van der Waals surface area contributed by atoms with Crippen molar-refractivity contribution in [2.45, 2.75) is 38.3 Å². The van der Waals surface area contributed by atoms with Crippen LogP contribution in [0.4, 0.5) is 5.69 Å². The summed E-state index contributed by atoms with van der Waals surface area (Å²) >= 11 is 0. The minimum absolute atomic E-state index is 0.565. The Labute approximate surface area is 117 Å². The number of nitrogens with zero attached hydrogens (tertiary/aromatic N) is 2. The van der Waals surface area contributed by atoms with Crippen molar-refractivity contribution in [3.8, 4) is 0 Å². The van der Waals surface area contributed by atoms with Crippen LogP contribution < -0.4 is 5.73 Å². The molecule has 1 heterocycles. The van der Waals surface area contributed by atoms with Crippen LogP contribution in [0.15, 0.2) is 24.3 Å². The van der Waals surface area contributed by atoms with Gasteiger partial charge in [0, 0.05) is 17.8 Å². The van der Waals surface area contributed by atoms with E-state index in [1.807, 2.05) is 12.1 Å². The number of nitrogen functional groups attached to an aromatic ring is 1. The Morgan fingerprint density at radius 3 is 2.68 bits per heavy atom. The van der Waals surface area contributed by atoms with Crippen molar-refractivity contribution in [1.29, 1.82) is 0 Å². The topological polar surface area (TPSA) is 32.5 Å². The highest BCUT2D eigenvalue weighted by molar-refractivity contribution is 5.40. The molecule has 1 aliphatic rings. The third-order valence-corrected chi connectivity index (χ3v) is 4.44. The summed E-state index contributed by atoms with van der Waals surface area (Å²) in [7, 11) is 4.49. The standard InChI is InChI=1S/C16H27N3/c1-13(11-14-5-4-6-15(17)12-14)19(3)16-7-9-18(2)10-8-16/h4-6,12-13,16H,7-11,17H2,1-3H3. The van der Waals surface area contributed by atoms with Crippen LogP contribution in [0.1, 0.15) is 25.3 Å². The van der Waals surface area contributed by atoms with Crippen LogP contribution >= 0.6 is 0 Å². The fourth-order valence-corrected chi connectivity index (χ4v) is 2.97. The Bertz CT molecular complexity index is 397. The molecular formula is C16H27N3. The van der Waals surface area contributed by atoms with Gasteiger partial charge in [-0.15, -0.1) is 0 Å². The van der Waals surface area contributed by atoms with Gasteiger partial charge in [-0.25, -0.2) is 0 Å². The molecule has 0 saturated carbocycles. The molecule has 0 bridgehead atoms. The van der Waals surface area contributed by atoms with Gasteiger partial charge in [-0.05, 0) is 71.1 Å². The molecule has 1 atom stereocenters. The lowest BCUT2D eigenvalue weighted by molar-refractivity contribution is 0.113. The fourth-order valence-electron chi connectivity index (χ4n) is 2.97. The Morgan fingerprint density at radius 2 is 2.05 bits per heavy atom. The van der Waals surface area contributed by atoms with Crippen molar-refractivity contribution in [2.24, 2.45) is 0 Å². The lowest BCUT2D eigenvalue weighted by atomic mass is 9.99. The second kappa shape index (κ2) is 6.40. The van der Waals surface area contributed by atoms with Crippen LogP contribution in [0.3, 0.4) is 0 Å². The molecule has 106 valence electrons. The van der Waals surface area contributed by atoms with E-state index in [4.69, 9.17) is 5.73 Å². The summed E-state index contributed by atoms with van der Waals surface area (Å²) in [5.41, 5.74) is 8.06. The number of anilines is 1. The third kappa shape index (κ3) is 3.95. The highest BCUT2D eigenvalue weighted by Gasteiger charge is 2.23. The lowest BCUT2D eigenvalue weighted by Crippen LogP contribution is -2.46. The van der Waals surface area contributed by atoms with E-state index in [9.17, 15) is 0 Å². The number of hydrogen-bond donors (Lipinski definition) is 1. The summed E-state index contributed by atoms with van der Waals surface area (Å²) in [5.74, 6) is 0. The van der Waals surface area contributed by atoms with Crippen LogP contribution in [-0.2, 0) is 6.42 Å². The number of nitrogens with two attached hydrogens (primary N) is 1. The van der Waals surface area contributed by atoms with Crippen molar-refractivity contribution in [2.75, 3.05) is 32.9 Å². The highest BCUT2D eigenvalue weighted by atomic mass is 15.2. The molecule has 0 spiro atoms. The van der Waals surface area contributed by atoms with Crippen LogP contribution in [-0.4, -0.2) is 49.1 Å². The number of benzene rings is 1. The Hall–Kier alpha value is -1.06. The van der Waals surface area contributed by atoms with E-state index >= 15 is 0 Å². The SMILES string of the molecule is CC(Cc1cccc(N)c1)N(C)C1CCN(C)CC1. The van der Waals surface area contributed by atoms with Crippen molar-refractivity contribution in [3.05, 3.63) is 29.8 Å². The number of hydrogen-bond acceptors (Lipinski definition) is 3. The first-order chi connectivity index (χ1) is 9.06. The first-order valence-corrected chi connectivity index (χ1v) is 7.31. The average molecular weight is 261 g/mol. The molecule has 1 unspecified atom stereocenters. The van der Waals surface area contributed by atoms with E-state index in [-0.39, 0.29) is 0 Å². The zero-order valence-electron chi connectivity index (χ0n) is 12.5. The molecule has 0 aliphatic carbocycles. The number of likely N-dealkylation sites (tertiary alicyclic amines) is 1. The van der Waals surface area contributed by atoms with E-state index in [0.29, 0.717) is 6.04 Å². The molecule has 0 radical (unpaired) electrons. The van der Waals surface area contributed by atoms with Gasteiger partial charge < -0.3 is 15.5 Å². The van der Waals surface area contributed by atoms with Crippen LogP contribution in [0.25, 0.3) is 0 Å². The lowest BCUT2D eigenvalue weighted by Gasteiger charge is -2.38. The summed E-state index contributed by atoms with van der Waals surface area (Å²) in [6.45, 7) is 4.77. The van der Waals surface area contributed by atoms with Crippen molar-refractivity contribution in [1.82, 2.24) is 9.80 Å². The molecule has 0 aromatic heterocycles. The molecule has 1 fully saturated rings. The van der Waals surface area contributed by atoms with Gasteiger partial charge in [0.05, 0.1) is 0 Å². The van der Waals surface area contributed by atoms with Gasteiger partial charge in [-0.2, -0.15) is 0 Å². The van der Waals surface area contributed by atoms with E-state index in [1.165, 1.54) is 31.5 Å². The Balaban J connectivity index is 1.90. The number of rotatable bonds is 4. The minimum atomic E-state index is 0.565.